The molecular weight excluding hydrogens is 238 g/mol. The first-order valence-corrected chi connectivity index (χ1v) is 7.83. The van der Waals surface area contributed by atoms with Gasteiger partial charge in [-0.1, -0.05) is 19.3 Å². The van der Waals surface area contributed by atoms with Gasteiger partial charge in [-0.05, 0) is 58.8 Å². The number of hydrogen-bond acceptors (Lipinski definition) is 5. The summed E-state index contributed by atoms with van der Waals surface area (Å²) in [4.78, 5) is 0. The highest BCUT2D eigenvalue weighted by atomic mass is 15.1. The van der Waals surface area contributed by atoms with Crippen LogP contribution in [0.1, 0.15) is 51.9 Å². The van der Waals surface area contributed by atoms with Gasteiger partial charge < -0.3 is 27.8 Å². The molecule has 0 aromatic rings. The zero-order valence-corrected chi connectivity index (χ0v) is 12.7. The number of nitrogens with one attached hydrogen (secondary N) is 2. The molecule has 0 unspecified atom stereocenters. The molecule has 0 amide bonds. The molecule has 0 aromatic heterocycles. The molecule has 1 fully saturated rings. The van der Waals surface area contributed by atoms with Gasteiger partial charge in [0.25, 0.3) is 0 Å². The Morgan fingerprint density at radius 3 is 1.74 bits per heavy atom. The van der Waals surface area contributed by atoms with Crippen LogP contribution in [0.2, 0.25) is 0 Å². The second-order valence-corrected chi connectivity index (χ2v) is 5.31. The molecule has 1 saturated carbocycles. The summed E-state index contributed by atoms with van der Waals surface area (Å²) < 4.78 is 0. The van der Waals surface area contributed by atoms with E-state index in [0.717, 1.165) is 39.0 Å². The average molecular weight is 273 g/mol. The van der Waals surface area contributed by atoms with Gasteiger partial charge in [0.2, 0.25) is 0 Å². The van der Waals surface area contributed by atoms with Gasteiger partial charge in [-0.3, -0.25) is 0 Å². The van der Waals surface area contributed by atoms with E-state index in [0.29, 0.717) is 12.2 Å². The monoisotopic (exact) mass is 273 g/mol. The molecule has 0 atom stereocenters. The molecule has 0 heterocycles. The van der Waals surface area contributed by atoms with Crippen molar-refractivity contribution in [3.05, 3.63) is 0 Å². The van der Waals surface area contributed by atoms with E-state index < -0.39 is 0 Å². The third-order valence-electron chi connectivity index (χ3n) is 3.31. The maximum Gasteiger partial charge on any atom is 0.0542 e. The smallest absolute Gasteiger partial charge is 0.0542 e. The van der Waals surface area contributed by atoms with Gasteiger partial charge in [0.05, 0.1) is 6.17 Å². The molecule has 1 aliphatic rings. The molecule has 0 bridgehead atoms. The lowest BCUT2D eigenvalue weighted by molar-refractivity contribution is 0.441. The minimum atomic E-state index is 0.364. The highest BCUT2D eigenvalue weighted by Crippen LogP contribution is 2.14. The Hall–Kier alpha value is -0.200. The van der Waals surface area contributed by atoms with E-state index in [2.05, 4.69) is 17.6 Å². The summed E-state index contributed by atoms with van der Waals surface area (Å²) in [5.74, 6) is 0. The van der Waals surface area contributed by atoms with Crippen LogP contribution in [0.25, 0.3) is 0 Å². The summed E-state index contributed by atoms with van der Waals surface area (Å²) in [5.41, 5.74) is 16.4. The minimum Gasteiger partial charge on any atom is -0.330 e. The summed E-state index contributed by atoms with van der Waals surface area (Å²) in [6, 6.07) is 0.536. The topological polar surface area (TPSA) is 102 Å². The fourth-order valence-electron chi connectivity index (χ4n) is 2.05. The van der Waals surface area contributed by atoms with Crippen molar-refractivity contribution in [2.45, 2.75) is 64.1 Å². The molecule has 0 saturated heterocycles. The Bertz CT molecular complexity index is 161. The summed E-state index contributed by atoms with van der Waals surface area (Å²) >= 11 is 0. The van der Waals surface area contributed by atoms with Crippen molar-refractivity contribution in [1.29, 1.82) is 0 Å². The van der Waals surface area contributed by atoms with E-state index in [4.69, 9.17) is 17.2 Å². The Labute approximate surface area is 119 Å². The van der Waals surface area contributed by atoms with Crippen molar-refractivity contribution < 1.29 is 0 Å². The van der Waals surface area contributed by atoms with Crippen LogP contribution in [0.5, 0.6) is 0 Å². The normalized spacial score (nSPS) is 16.3. The van der Waals surface area contributed by atoms with Gasteiger partial charge in [0.15, 0.2) is 0 Å². The largest absolute Gasteiger partial charge is 0.330 e. The standard InChI is InChI=1S/C8H22N4.C6H13N/c1-8(11-6-2-4-9)12-7-3-5-10;7-6-4-2-1-3-5-6/h8,11-12H,2-7,9-10H2,1H3;6H,1-5,7H2. The van der Waals surface area contributed by atoms with Gasteiger partial charge in [-0.15, -0.1) is 0 Å². The molecule has 0 aromatic carbocycles. The molecular formula is C14H35N5. The molecule has 1 rings (SSSR count). The number of hydrogen-bond donors (Lipinski definition) is 5. The molecule has 5 nitrogen and oxygen atoms in total. The predicted molar refractivity (Wildman–Crippen MR) is 83.9 cm³/mol. The fraction of sp³-hybridized carbons (Fsp3) is 1.00. The first kappa shape index (κ1) is 18.8. The Balaban J connectivity index is 0.000000388. The van der Waals surface area contributed by atoms with Gasteiger partial charge >= 0.3 is 0 Å². The van der Waals surface area contributed by atoms with Gasteiger partial charge in [-0.2, -0.15) is 0 Å². The minimum absolute atomic E-state index is 0.364. The van der Waals surface area contributed by atoms with Crippen molar-refractivity contribution >= 4 is 0 Å². The van der Waals surface area contributed by atoms with Crippen LogP contribution in [0.15, 0.2) is 0 Å². The second kappa shape index (κ2) is 14.2. The zero-order valence-electron chi connectivity index (χ0n) is 12.7. The highest BCUT2D eigenvalue weighted by Gasteiger charge is 2.06. The molecule has 19 heavy (non-hydrogen) atoms. The summed E-state index contributed by atoms with van der Waals surface area (Å²) in [7, 11) is 0. The zero-order chi connectivity index (χ0) is 14.3. The van der Waals surface area contributed by atoms with Crippen LogP contribution in [-0.4, -0.2) is 38.4 Å². The van der Waals surface area contributed by atoms with E-state index in [1.807, 2.05) is 0 Å². The molecule has 0 aliphatic heterocycles. The van der Waals surface area contributed by atoms with Crippen molar-refractivity contribution in [2.75, 3.05) is 26.2 Å². The maximum absolute atomic E-state index is 5.63. The highest BCUT2D eigenvalue weighted by molar-refractivity contribution is 4.66. The molecule has 1 aliphatic carbocycles. The molecule has 0 radical (unpaired) electrons. The molecule has 5 heteroatoms. The average Bonchev–Trinajstić information content (AvgIpc) is 2.41. The molecule has 116 valence electrons. The van der Waals surface area contributed by atoms with Crippen LogP contribution in [0.3, 0.4) is 0 Å². The van der Waals surface area contributed by atoms with Crippen molar-refractivity contribution in [3.8, 4) is 0 Å². The van der Waals surface area contributed by atoms with E-state index in [1.54, 1.807) is 0 Å². The van der Waals surface area contributed by atoms with Crippen LogP contribution >= 0.6 is 0 Å². The van der Waals surface area contributed by atoms with Crippen LogP contribution in [0.4, 0.5) is 0 Å². The Morgan fingerprint density at radius 1 is 0.947 bits per heavy atom. The first-order chi connectivity index (χ1) is 9.20. The molecule has 8 N–H and O–H groups in total. The second-order valence-electron chi connectivity index (χ2n) is 5.31. The molecule has 0 spiro atoms. The fourth-order valence-corrected chi connectivity index (χ4v) is 2.05. The maximum atomic E-state index is 5.63. The first-order valence-electron chi connectivity index (χ1n) is 7.83. The van der Waals surface area contributed by atoms with E-state index >= 15 is 0 Å². The lowest BCUT2D eigenvalue weighted by Gasteiger charge is -2.15. The van der Waals surface area contributed by atoms with Crippen LogP contribution in [-0.2, 0) is 0 Å². The van der Waals surface area contributed by atoms with Crippen molar-refractivity contribution in [2.24, 2.45) is 17.2 Å². The van der Waals surface area contributed by atoms with E-state index in [-0.39, 0.29) is 0 Å². The number of rotatable bonds is 8. The third-order valence-corrected chi connectivity index (χ3v) is 3.31. The summed E-state index contributed by atoms with van der Waals surface area (Å²) in [5, 5.41) is 6.62. The summed E-state index contributed by atoms with van der Waals surface area (Å²) in [6.07, 6.45) is 9.09. The SMILES string of the molecule is CC(NCCCN)NCCCN.NC1CCCCC1. The van der Waals surface area contributed by atoms with Crippen molar-refractivity contribution in [1.82, 2.24) is 10.6 Å². The predicted octanol–water partition coefficient (Wildman–Crippen LogP) is 0.487. The lowest BCUT2D eigenvalue weighted by atomic mass is 9.97. The number of nitrogens with two attached hydrogens (primary N) is 3. The van der Waals surface area contributed by atoms with Crippen LogP contribution in [0, 0.1) is 0 Å². The Morgan fingerprint density at radius 2 is 1.42 bits per heavy atom. The quantitative estimate of drug-likeness (QED) is 0.327. The van der Waals surface area contributed by atoms with Gasteiger partial charge in [0, 0.05) is 6.04 Å². The van der Waals surface area contributed by atoms with Gasteiger partial charge in [-0.25, -0.2) is 0 Å². The van der Waals surface area contributed by atoms with Crippen molar-refractivity contribution in [3.63, 3.8) is 0 Å². The van der Waals surface area contributed by atoms with Crippen LogP contribution < -0.4 is 27.8 Å². The van der Waals surface area contributed by atoms with E-state index in [9.17, 15) is 0 Å². The lowest BCUT2D eigenvalue weighted by Crippen LogP contribution is -2.41. The third kappa shape index (κ3) is 14.0. The summed E-state index contributed by atoms with van der Waals surface area (Å²) in [6.45, 7) is 5.57. The van der Waals surface area contributed by atoms with Gasteiger partial charge in [0.1, 0.15) is 0 Å². The van der Waals surface area contributed by atoms with E-state index in [1.165, 1.54) is 32.1 Å². The Kier molecular flexibility index (Phi) is 14.1.